The number of thiophene rings is 1. The first-order valence-electron chi connectivity index (χ1n) is 7.27. The maximum absolute atomic E-state index is 12.6. The van der Waals surface area contributed by atoms with Gasteiger partial charge in [0.2, 0.25) is 5.91 Å². The number of hydrogen-bond acceptors (Lipinski definition) is 3. The number of carbonyl (C=O) groups excluding carboxylic acids is 1. The fourth-order valence-electron chi connectivity index (χ4n) is 2.94. The molecule has 0 aliphatic carbocycles. The van der Waals surface area contributed by atoms with Crippen molar-refractivity contribution in [2.75, 3.05) is 6.54 Å². The molecule has 1 saturated heterocycles. The molecular weight excluding hydrogens is 282 g/mol. The molecule has 2 heterocycles. The molecule has 1 aromatic carbocycles. The monoisotopic (exact) mass is 301 g/mol. The van der Waals surface area contributed by atoms with Gasteiger partial charge in [0.1, 0.15) is 5.75 Å². The van der Waals surface area contributed by atoms with Crippen molar-refractivity contribution < 1.29 is 9.90 Å². The van der Waals surface area contributed by atoms with E-state index in [-0.39, 0.29) is 17.7 Å². The molecule has 3 nitrogen and oxygen atoms in total. The minimum atomic E-state index is 0.147. The van der Waals surface area contributed by atoms with Crippen LogP contribution in [-0.4, -0.2) is 22.5 Å². The Bertz CT molecular complexity index is 650. The fraction of sp³-hybridized carbons (Fsp3) is 0.353. The number of phenolic OH excluding ortho intramolecular Hbond substituents is 1. The third-order valence-electron chi connectivity index (χ3n) is 3.93. The molecule has 0 bridgehead atoms. The normalized spacial score (nSPS) is 18.1. The Morgan fingerprint density at radius 2 is 2.24 bits per heavy atom. The number of aromatic hydroxyl groups is 1. The van der Waals surface area contributed by atoms with Crippen molar-refractivity contribution >= 4 is 17.2 Å². The molecule has 1 aromatic heterocycles. The first kappa shape index (κ1) is 14.1. The summed E-state index contributed by atoms with van der Waals surface area (Å²) < 4.78 is 0. The lowest BCUT2D eigenvalue weighted by atomic mass is 10.1. The predicted octanol–water partition coefficient (Wildman–Crippen LogP) is 3.67. The Labute approximate surface area is 128 Å². The summed E-state index contributed by atoms with van der Waals surface area (Å²) in [4.78, 5) is 17.1. The Balaban J connectivity index is 1.74. The van der Waals surface area contributed by atoms with Gasteiger partial charge in [-0.3, -0.25) is 4.79 Å². The van der Waals surface area contributed by atoms with E-state index in [2.05, 4.69) is 19.1 Å². The molecular formula is C17H19NO2S. The summed E-state index contributed by atoms with van der Waals surface area (Å²) in [5.41, 5.74) is 0.869. The molecule has 1 unspecified atom stereocenters. The number of aryl methyl sites for hydroxylation is 1. The van der Waals surface area contributed by atoms with Crippen molar-refractivity contribution in [1.29, 1.82) is 0 Å². The Morgan fingerprint density at radius 3 is 2.95 bits per heavy atom. The van der Waals surface area contributed by atoms with Gasteiger partial charge in [-0.25, -0.2) is 0 Å². The third kappa shape index (κ3) is 3.10. The Kier molecular flexibility index (Phi) is 3.97. The lowest BCUT2D eigenvalue weighted by Crippen LogP contribution is -2.31. The molecule has 1 aliphatic rings. The number of rotatable bonds is 3. The third-order valence-corrected chi connectivity index (χ3v) is 5.03. The average Bonchev–Trinajstić information content (AvgIpc) is 3.06. The van der Waals surface area contributed by atoms with Crippen LogP contribution in [0.25, 0.3) is 0 Å². The van der Waals surface area contributed by atoms with Gasteiger partial charge in [-0.05, 0) is 49.6 Å². The van der Waals surface area contributed by atoms with Crippen LogP contribution in [-0.2, 0) is 11.2 Å². The van der Waals surface area contributed by atoms with Crippen LogP contribution in [0.4, 0.5) is 0 Å². The van der Waals surface area contributed by atoms with Gasteiger partial charge in [-0.2, -0.15) is 0 Å². The number of likely N-dealkylation sites (tertiary alicyclic amines) is 1. The summed E-state index contributed by atoms with van der Waals surface area (Å²) in [6.45, 7) is 2.93. The highest BCUT2D eigenvalue weighted by molar-refractivity contribution is 7.12. The van der Waals surface area contributed by atoms with Gasteiger partial charge in [0.15, 0.2) is 0 Å². The van der Waals surface area contributed by atoms with Crippen LogP contribution in [0, 0.1) is 6.92 Å². The molecule has 2 aromatic rings. The second kappa shape index (κ2) is 5.90. The van der Waals surface area contributed by atoms with Crippen molar-refractivity contribution in [3.63, 3.8) is 0 Å². The van der Waals surface area contributed by atoms with E-state index in [0.29, 0.717) is 6.42 Å². The van der Waals surface area contributed by atoms with Gasteiger partial charge in [-0.15, -0.1) is 11.3 Å². The van der Waals surface area contributed by atoms with Crippen LogP contribution >= 0.6 is 11.3 Å². The van der Waals surface area contributed by atoms with Crippen molar-refractivity contribution in [1.82, 2.24) is 4.90 Å². The van der Waals surface area contributed by atoms with Crippen LogP contribution in [0.15, 0.2) is 36.4 Å². The highest BCUT2D eigenvalue weighted by atomic mass is 32.1. The zero-order chi connectivity index (χ0) is 14.8. The maximum Gasteiger partial charge on any atom is 0.227 e. The van der Waals surface area contributed by atoms with E-state index in [1.807, 2.05) is 11.0 Å². The van der Waals surface area contributed by atoms with E-state index < -0.39 is 0 Å². The van der Waals surface area contributed by atoms with Gasteiger partial charge in [0.05, 0.1) is 12.5 Å². The maximum atomic E-state index is 12.6. The largest absolute Gasteiger partial charge is 0.508 e. The molecule has 0 radical (unpaired) electrons. The lowest BCUT2D eigenvalue weighted by Gasteiger charge is -2.24. The Morgan fingerprint density at radius 1 is 1.38 bits per heavy atom. The van der Waals surface area contributed by atoms with Gasteiger partial charge < -0.3 is 10.0 Å². The van der Waals surface area contributed by atoms with Gasteiger partial charge in [0, 0.05) is 16.3 Å². The molecule has 1 fully saturated rings. The number of phenols is 1. The van der Waals surface area contributed by atoms with Crippen LogP contribution in [0.1, 0.15) is 34.2 Å². The number of nitrogens with zero attached hydrogens (tertiary/aromatic N) is 1. The Hall–Kier alpha value is -1.81. The van der Waals surface area contributed by atoms with Crippen molar-refractivity contribution in [2.24, 2.45) is 0 Å². The molecule has 1 amide bonds. The molecule has 110 valence electrons. The summed E-state index contributed by atoms with van der Waals surface area (Å²) in [6, 6.07) is 11.5. The smallest absolute Gasteiger partial charge is 0.227 e. The van der Waals surface area contributed by atoms with E-state index in [1.165, 1.54) is 9.75 Å². The zero-order valence-corrected chi connectivity index (χ0v) is 12.9. The molecule has 21 heavy (non-hydrogen) atoms. The summed E-state index contributed by atoms with van der Waals surface area (Å²) in [6.07, 6.45) is 2.47. The lowest BCUT2D eigenvalue weighted by molar-refractivity contribution is -0.131. The van der Waals surface area contributed by atoms with E-state index in [9.17, 15) is 9.90 Å². The summed E-state index contributed by atoms with van der Waals surface area (Å²) in [5, 5.41) is 9.50. The number of hydrogen-bond donors (Lipinski definition) is 1. The van der Waals surface area contributed by atoms with Gasteiger partial charge in [0.25, 0.3) is 0 Å². The van der Waals surface area contributed by atoms with E-state index >= 15 is 0 Å². The number of benzene rings is 1. The van der Waals surface area contributed by atoms with E-state index in [1.54, 1.807) is 29.5 Å². The highest BCUT2D eigenvalue weighted by Crippen LogP contribution is 2.36. The first-order valence-corrected chi connectivity index (χ1v) is 8.09. The second-order valence-corrected chi connectivity index (χ2v) is 6.86. The first-order chi connectivity index (χ1) is 10.1. The molecule has 1 N–H and O–H groups in total. The van der Waals surface area contributed by atoms with Crippen molar-refractivity contribution in [3.05, 3.63) is 51.7 Å². The average molecular weight is 301 g/mol. The standard InChI is InChI=1S/C17H19NO2S/c1-12-7-8-16(21-12)15-6-3-9-18(15)17(20)11-13-4-2-5-14(19)10-13/h2,4-5,7-8,10,15,19H,3,6,9,11H2,1H3. The number of amides is 1. The van der Waals surface area contributed by atoms with Crippen molar-refractivity contribution in [2.45, 2.75) is 32.2 Å². The van der Waals surface area contributed by atoms with Crippen LogP contribution in [0.3, 0.4) is 0 Å². The van der Waals surface area contributed by atoms with Gasteiger partial charge in [-0.1, -0.05) is 12.1 Å². The molecule has 4 heteroatoms. The van der Waals surface area contributed by atoms with E-state index in [0.717, 1.165) is 24.9 Å². The van der Waals surface area contributed by atoms with E-state index in [4.69, 9.17) is 0 Å². The minimum absolute atomic E-state index is 0.147. The second-order valence-electron chi connectivity index (χ2n) is 5.54. The SMILES string of the molecule is Cc1ccc(C2CCCN2C(=O)Cc2cccc(O)c2)s1. The van der Waals surface area contributed by atoms with Gasteiger partial charge >= 0.3 is 0 Å². The fourth-order valence-corrected chi connectivity index (χ4v) is 3.96. The quantitative estimate of drug-likeness (QED) is 0.939. The molecule has 1 atom stereocenters. The minimum Gasteiger partial charge on any atom is -0.508 e. The van der Waals surface area contributed by atoms with Crippen LogP contribution < -0.4 is 0 Å². The number of carbonyl (C=O) groups is 1. The topological polar surface area (TPSA) is 40.5 Å². The summed E-state index contributed by atoms with van der Waals surface area (Å²) in [5.74, 6) is 0.362. The molecule has 0 saturated carbocycles. The highest BCUT2D eigenvalue weighted by Gasteiger charge is 2.30. The summed E-state index contributed by atoms with van der Waals surface area (Å²) >= 11 is 1.78. The summed E-state index contributed by atoms with van der Waals surface area (Å²) in [7, 11) is 0. The molecule has 0 spiro atoms. The van der Waals surface area contributed by atoms with Crippen molar-refractivity contribution in [3.8, 4) is 5.75 Å². The molecule has 1 aliphatic heterocycles. The predicted molar refractivity (Wildman–Crippen MR) is 84.6 cm³/mol. The van der Waals surface area contributed by atoms with Crippen LogP contribution in [0.5, 0.6) is 5.75 Å². The zero-order valence-electron chi connectivity index (χ0n) is 12.1. The van der Waals surface area contributed by atoms with Crippen LogP contribution in [0.2, 0.25) is 0 Å². The molecule has 3 rings (SSSR count).